The highest BCUT2D eigenvalue weighted by molar-refractivity contribution is 4.78. The van der Waals surface area contributed by atoms with E-state index in [-0.39, 0.29) is 0 Å². The molecule has 16 heavy (non-hydrogen) atoms. The SMILES string of the molecule is CN1CCCCC1CNCC1CCCNC1. The first-order chi connectivity index (χ1) is 7.86. The molecule has 0 aliphatic carbocycles. The minimum absolute atomic E-state index is 0.783. The smallest absolute Gasteiger partial charge is 0.0217 e. The van der Waals surface area contributed by atoms with Gasteiger partial charge in [-0.05, 0) is 64.8 Å². The fourth-order valence-corrected chi connectivity index (χ4v) is 2.95. The standard InChI is InChI=1S/C13H27N3/c1-16-8-3-2-6-13(16)11-15-10-12-5-4-7-14-9-12/h12-15H,2-11H2,1H3. The summed E-state index contributed by atoms with van der Waals surface area (Å²) >= 11 is 0. The number of nitrogens with one attached hydrogen (secondary N) is 2. The van der Waals surface area contributed by atoms with Crippen LogP contribution in [0.15, 0.2) is 0 Å². The molecule has 0 saturated carbocycles. The lowest BCUT2D eigenvalue weighted by Gasteiger charge is -2.33. The molecule has 2 saturated heterocycles. The van der Waals surface area contributed by atoms with Crippen LogP contribution in [0.5, 0.6) is 0 Å². The number of nitrogens with zero attached hydrogens (tertiary/aromatic N) is 1. The van der Waals surface area contributed by atoms with Crippen molar-refractivity contribution in [3.63, 3.8) is 0 Å². The van der Waals surface area contributed by atoms with Gasteiger partial charge in [0.15, 0.2) is 0 Å². The molecule has 0 amide bonds. The molecule has 0 radical (unpaired) electrons. The summed E-state index contributed by atoms with van der Waals surface area (Å²) in [5.74, 6) is 0.864. The third-order valence-electron chi connectivity index (χ3n) is 4.13. The summed E-state index contributed by atoms with van der Waals surface area (Å²) in [6, 6.07) is 0.783. The molecule has 0 aromatic carbocycles. The van der Waals surface area contributed by atoms with Crippen molar-refractivity contribution in [2.24, 2.45) is 5.92 Å². The Labute approximate surface area is 100.0 Å². The fourth-order valence-electron chi connectivity index (χ4n) is 2.95. The molecule has 2 rings (SSSR count). The van der Waals surface area contributed by atoms with Gasteiger partial charge in [-0.2, -0.15) is 0 Å². The number of likely N-dealkylation sites (N-methyl/N-ethyl adjacent to an activating group) is 1. The number of likely N-dealkylation sites (tertiary alicyclic amines) is 1. The van der Waals surface area contributed by atoms with Gasteiger partial charge in [-0.15, -0.1) is 0 Å². The topological polar surface area (TPSA) is 27.3 Å². The lowest BCUT2D eigenvalue weighted by atomic mass is 9.99. The largest absolute Gasteiger partial charge is 0.316 e. The van der Waals surface area contributed by atoms with E-state index in [4.69, 9.17) is 0 Å². The van der Waals surface area contributed by atoms with Crippen molar-refractivity contribution in [1.82, 2.24) is 15.5 Å². The van der Waals surface area contributed by atoms with Gasteiger partial charge in [0.05, 0.1) is 0 Å². The minimum Gasteiger partial charge on any atom is -0.316 e. The van der Waals surface area contributed by atoms with Crippen LogP contribution in [-0.4, -0.2) is 50.7 Å². The molecule has 94 valence electrons. The molecule has 0 aromatic heterocycles. The molecule has 0 spiro atoms. The van der Waals surface area contributed by atoms with Crippen LogP contribution in [0.3, 0.4) is 0 Å². The van der Waals surface area contributed by atoms with Crippen LogP contribution in [0.2, 0.25) is 0 Å². The van der Waals surface area contributed by atoms with Crippen LogP contribution in [0, 0.1) is 5.92 Å². The molecule has 2 aliphatic heterocycles. The van der Waals surface area contributed by atoms with Gasteiger partial charge >= 0.3 is 0 Å². The molecule has 3 heteroatoms. The van der Waals surface area contributed by atoms with E-state index in [1.54, 1.807) is 0 Å². The number of rotatable bonds is 4. The first-order valence-electron chi connectivity index (χ1n) is 6.98. The van der Waals surface area contributed by atoms with Gasteiger partial charge < -0.3 is 15.5 Å². The normalized spacial score (nSPS) is 32.8. The number of hydrogen-bond acceptors (Lipinski definition) is 3. The zero-order valence-corrected chi connectivity index (χ0v) is 10.7. The molecule has 2 aliphatic rings. The van der Waals surface area contributed by atoms with Gasteiger partial charge in [0.2, 0.25) is 0 Å². The first-order valence-corrected chi connectivity index (χ1v) is 6.98. The molecule has 2 N–H and O–H groups in total. The highest BCUT2D eigenvalue weighted by atomic mass is 15.2. The van der Waals surface area contributed by atoms with E-state index < -0.39 is 0 Å². The third-order valence-corrected chi connectivity index (χ3v) is 4.13. The quantitative estimate of drug-likeness (QED) is 0.749. The van der Waals surface area contributed by atoms with Crippen molar-refractivity contribution >= 4 is 0 Å². The molecule has 2 unspecified atom stereocenters. The van der Waals surface area contributed by atoms with Gasteiger partial charge in [0.25, 0.3) is 0 Å². The Kier molecular flexibility index (Phi) is 5.07. The Morgan fingerprint density at radius 3 is 2.88 bits per heavy atom. The first kappa shape index (κ1) is 12.3. The van der Waals surface area contributed by atoms with Crippen molar-refractivity contribution < 1.29 is 0 Å². The van der Waals surface area contributed by atoms with Crippen LogP contribution >= 0.6 is 0 Å². The van der Waals surface area contributed by atoms with Gasteiger partial charge in [-0.3, -0.25) is 0 Å². The highest BCUT2D eigenvalue weighted by Gasteiger charge is 2.19. The monoisotopic (exact) mass is 225 g/mol. The molecular formula is C13H27N3. The molecule has 3 nitrogen and oxygen atoms in total. The van der Waals surface area contributed by atoms with Gasteiger partial charge in [-0.1, -0.05) is 6.42 Å². The van der Waals surface area contributed by atoms with Crippen LogP contribution < -0.4 is 10.6 Å². The summed E-state index contributed by atoms with van der Waals surface area (Å²) in [5.41, 5.74) is 0. The molecular weight excluding hydrogens is 198 g/mol. The predicted octanol–water partition coefficient (Wildman–Crippen LogP) is 1.06. The number of hydrogen-bond donors (Lipinski definition) is 2. The van der Waals surface area contributed by atoms with E-state index >= 15 is 0 Å². The summed E-state index contributed by atoms with van der Waals surface area (Å²) in [6.45, 7) is 6.12. The fraction of sp³-hybridized carbons (Fsp3) is 1.00. The zero-order valence-electron chi connectivity index (χ0n) is 10.7. The van der Waals surface area contributed by atoms with Gasteiger partial charge in [-0.25, -0.2) is 0 Å². The van der Waals surface area contributed by atoms with Crippen LogP contribution in [0.4, 0.5) is 0 Å². The third kappa shape index (κ3) is 3.72. The number of piperidine rings is 2. The van der Waals surface area contributed by atoms with Crippen LogP contribution in [-0.2, 0) is 0 Å². The second-order valence-corrected chi connectivity index (χ2v) is 5.50. The zero-order chi connectivity index (χ0) is 11.2. The Hall–Kier alpha value is -0.120. The second kappa shape index (κ2) is 6.58. The predicted molar refractivity (Wildman–Crippen MR) is 68.7 cm³/mol. The second-order valence-electron chi connectivity index (χ2n) is 5.50. The van der Waals surface area contributed by atoms with E-state index in [0.29, 0.717) is 0 Å². The van der Waals surface area contributed by atoms with Crippen molar-refractivity contribution in [2.75, 3.05) is 39.8 Å². The van der Waals surface area contributed by atoms with Crippen molar-refractivity contribution in [1.29, 1.82) is 0 Å². The van der Waals surface area contributed by atoms with Gasteiger partial charge in [0, 0.05) is 12.6 Å². The molecule has 2 atom stereocenters. The van der Waals surface area contributed by atoms with Crippen molar-refractivity contribution in [3.8, 4) is 0 Å². The maximum absolute atomic E-state index is 3.67. The molecule has 0 bridgehead atoms. The molecule has 0 aromatic rings. The Balaban J connectivity index is 1.59. The van der Waals surface area contributed by atoms with E-state index in [1.165, 1.54) is 64.8 Å². The molecule has 2 heterocycles. The summed E-state index contributed by atoms with van der Waals surface area (Å²) in [4.78, 5) is 2.52. The van der Waals surface area contributed by atoms with Crippen molar-refractivity contribution in [2.45, 2.75) is 38.1 Å². The van der Waals surface area contributed by atoms with E-state index in [9.17, 15) is 0 Å². The average Bonchev–Trinajstić information content (AvgIpc) is 2.33. The minimum atomic E-state index is 0.783. The maximum atomic E-state index is 3.67. The molecule has 2 fully saturated rings. The Morgan fingerprint density at radius 1 is 1.19 bits per heavy atom. The Morgan fingerprint density at radius 2 is 2.12 bits per heavy atom. The lowest BCUT2D eigenvalue weighted by molar-refractivity contribution is 0.179. The highest BCUT2D eigenvalue weighted by Crippen LogP contribution is 2.14. The van der Waals surface area contributed by atoms with Gasteiger partial charge in [0.1, 0.15) is 0 Å². The van der Waals surface area contributed by atoms with Crippen LogP contribution in [0.25, 0.3) is 0 Å². The summed E-state index contributed by atoms with van der Waals surface area (Å²) < 4.78 is 0. The van der Waals surface area contributed by atoms with E-state index in [2.05, 4.69) is 22.6 Å². The average molecular weight is 225 g/mol. The summed E-state index contributed by atoms with van der Waals surface area (Å²) in [7, 11) is 2.27. The Bertz CT molecular complexity index is 190. The van der Waals surface area contributed by atoms with Crippen molar-refractivity contribution in [3.05, 3.63) is 0 Å². The maximum Gasteiger partial charge on any atom is 0.0217 e. The lowest BCUT2D eigenvalue weighted by Crippen LogP contribution is -2.45. The van der Waals surface area contributed by atoms with Crippen LogP contribution in [0.1, 0.15) is 32.1 Å². The van der Waals surface area contributed by atoms with E-state index in [0.717, 1.165) is 12.0 Å². The summed E-state index contributed by atoms with van der Waals surface area (Å²) in [5, 5.41) is 7.16. The van der Waals surface area contributed by atoms with E-state index in [1.807, 2.05) is 0 Å². The summed E-state index contributed by atoms with van der Waals surface area (Å²) in [6.07, 6.45) is 6.95.